The third kappa shape index (κ3) is 3.00. The van der Waals surface area contributed by atoms with Crippen molar-refractivity contribution in [2.75, 3.05) is 18.1 Å². The fraction of sp³-hybridized carbons (Fsp3) is 0.333. The minimum Gasteiger partial charge on any atom is -0.394 e. The van der Waals surface area contributed by atoms with Crippen LogP contribution in [0.5, 0.6) is 0 Å². The Morgan fingerprint density at radius 1 is 1.36 bits per heavy atom. The summed E-state index contributed by atoms with van der Waals surface area (Å²) >= 11 is 8.50. The van der Waals surface area contributed by atoms with Gasteiger partial charge in [0.05, 0.1) is 27.6 Å². The molecule has 1 aliphatic heterocycles. The fourth-order valence-corrected chi connectivity index (χ4v) is 4.06. The van der Waals surface area contributed by atoms with Gasteiger partial charge in [-0.15, -0.1) is 0 Å². The number of anilines is 1. The summed E-state index contributed by atoms with van der Waals surface area (Å²) in [6, 6.07) is 9.96. The van der Waals surface area contributed by atoms with Crippen LogP contribution >= 0.6 is 34.2 Å². The summed E-state index contributed by atoms with van der Waals surface area (Å²) in [6.45, 7) is 3.05. The van der Waals surface area contributed by atoms with Gasteiger partial charge in [0.25, 0.3) is 0 Å². The van der Waals surface area contributed by atoms with E-state index in [4.69, 9.17) is 16.6 Å². The summed E-state index contributed by atoms with van der Waals surface area (Å²) in [5.74, 6) is 0.886. The number of hydrogen-bond acceptors (Lipinski definition) is 4. The van der Waals surface area contributed by atoms with Crippen LogP contribution in [0, 0.1) is 10.5 Å². The van der Waals surface area contributed by atoms with Crippen LogP contribution in [0.2, 0.25) is 5.02 Å². The standard InChI is InChI=1S/C18H18ClIN4O/c1-11-17(20)18-21-16(23-7-3-6-14(23)10-25)9-15(24(18)22-11)12-4-2-5-13(19)8-12/h2,4-5,8-9,14,25H,3,6-7,10H2,1H3. The van der Waals surface area contributed by atoms with Gasteiger partial charge >= 0.3 is 0 Å². The van der Waals surface area contributed by atoms with Crippen molar-refractivity contribution in [2.45, 2.75) is 25.8 Å². The zero-order chi connectivity index (χ0) is 17.6. The van der Waals surface area contributed by atoms with Crippen LogP contribution in [0.1, 0.15) is 18.5 Å². The van der Waals surface area contributed by atoms with Gasteiger partial charge in [0.15, 0.2) is 5.65 Å². The summed E-state index contributed by atoms with van der Waals surface area (Å²) in [5.41, 5.74) is 3.75. The van der Waals surface area contributed by atoms with E-state index in [1.54, 1.807) is 0 Å². The summed E-state index contributed by atoms with van der Waals surface area (Å²) < 4.78 is 2.93. The van der Waals surface area contributed by atoms with Gasteiger partial charge in [-0.2, -0.15) is 5.10 Å². The molecule has 1 atom stereocenters. The second kappa shape index (κ2) is 6.74. The molecule has 2 aromatic heterocycles. The Hall–Kier alpha value is -1.38. The van der Waals surface area contributed by atoms with Crippen molar-refractivity contribution in [1.29, 1.82) is 0 Å². The molecule has 1 aromatic carbocycles. The maximum absolute atomic E-state index is 9.69. The molecular formula is C18H18ClIN4O. The van der Waals surface area contributed by atoms with Crippen molar-refractivity contribution in [3.05, 3.63) is 44.6 Å². The summed E-state index contributed by atoms with van der Waals surface area (Å²) in [7, 11) is 0. The van der Waals surface area contributed by atoms with Crippen LogP contribution in [0.3, 0.4) is 0 Å². The van der Waals surface area contributed by atoms with Crippen molar-refractivity contribution in [2.24, 2.45) is 0 Å². The molecule has 1 aliphatic rings. The molecule has 1 saturated heterocycles. The van der Waals surface area contributed by atoms with E-state index in [0.29, 0.717) is 5.02 Å². The minimum atomic E-state index is 0.129. The van der Waals surface area contributed by atoms with E-state index in [2.05, 4.69) is 38.7 Å². The average Bonchev–Trinajstić information content (AvgIpc) is 3.19. The summed E-state index contributed by atoms with van der Waals surface area (Å²) in [5, 5.41) is 15.0. The van der Waals surface area contributed by atoms with E-state index < -0.39 is 0 Å². The normalized spacial score (nSPS) is 17.6. The molecule has 0 bridgehead atoms. The van der Waals surface area contributed by atoms with Crippen molar-refractivity contribution in [1.82, 2.24) is 14.6 Å². The van der Waals surface area contributed by atoms with Crippen LogP contribution < -0.4 is 4.90 Å². The maximum atomic E-state index is 9.69. The number of halogens is 2. The van der Waals surface area contributed by atoms with Crippen LogP contribution in [-0.2, 0) is 0 Å². The van der Waals surface area contributed by atoms with Crippen molar-refractivity contribution < 1.29 is 5.11 Å². The largest absolute Gasteiger partial charge is 0.394 e. The van der Waals surface area contributed by atoms with Crippen LogP contribution in [0.4, 0.5) is 5.82 Å². The Labute approximate surface area is 164 Å². The number of benzene rings is 1. The number of aliphatic hydroxyl groups excluding tert-OH is 1. The highest BCUT2D eigenvalue weighted by atomic mass is 127. The first-order valence-electron chi connectivity index (χ1n) is 8.28. The van der Waals surface area contributed by atoms with E-state index in [1.165, 1.54) is 0 Å². The van der Waals surface area contributed by atoms with E-state index in [1.807, 2.05) is 35.7 Å². The lowest BCUT2D eigenvalue weighted by Gasteiger charge is -2.25. The molecule has 7 heteroatoms. The number of aliphatic hydroxyl groups is 1. The van der Waals surface area contributed by atoms with E-state index in [-0.39, 0.29) is 12.6 Å². The van der Waals surface area contributed by atoms with Gasteiger partial charge in [0, 0.05) is 23.2 Å². The van der Waals surface area contributed by atoms with Crippen LogP contribution in [-0.4, -0.2) is 38.9 Å². The van der Waals surface area contributed by atoms with E-state index in [9.17, 15) is 5.11 Å². The molecule has 0 saturated carbocycles. The lowest BCUT2D eigenvalue weighted by Crippen LogP contribution is -2.32. The summed E-state index contributed by atoms with van der Waals surface area (Å²) in [4.78, 5) is 7.06. The van der Waals surface area contributed by atoms with Gasteiger partial charge in [0.1, 0.15) is 5.82 Å². The number of hydrogen-bond donors (Lipinski definition) is 1. The molecule has 3 aromatic rings. The molecule has 0 spiro atoms. The van der Waals surface area contributed by atoms with Crippen LogP contribution in [0.15, 0.2) is 30.3 Å². The fourth-order valence-electron chi connectivity index (χ4n) is 3.41. The van der Waals surface area contributed by atoms with Gasteiger partial charge in [-0.05, 0) is 54.5 Å². The monoisotopic (exact) mass is 468 g/mol. The Kier molecular flexibility index (Phi) is 4.59. The second-order valence-electron chi connectivity index (χ2n) is 6.32. The molecule has 3 heterocycles. The molecule has 1 unspecified atom stereocenters. The predicted molar refractivity (Wildman–Crippen MR) is 108 cm³/mol. The van der Waals surface area contributed by atoms with Crippen molar-refractivity contribution >= 4 is 45.7 Å². The number of aryl methyl sites for hydroxylation is 1. The predicted octanol–water partition coefficient (Wildman–Crippen LogP) is 3.92. The third-order valence-corrected chi connectivity index (χ3v) is 6.18. The minimum absolute atomic E-state index is 0.129. The van der Waals surface area contributed by atoms with Gasteiger partial charge < -0.3 is 10.0 Å². The molecule has 0 aliphatic carbocycles. The Bertz CT molecular complexity index is 942. The number of aromatic nitrogens is 3. The Balaban J connectivity index is 1.95. The van der Waals surface area contributed by atoms with E-state index in [0.717, 1.165) is 51.4 Å². The molecule has 1 N–H and O–H groups in total. The molecule has 4 rings (SSSR count). The first-order chi connectivity index (χ1) is 12.1. The Morgan fingerprint density at radius 3 is 2.96 bits per heavy atom. The molecule has 25 heavy (non-hydrogen) atoms. The lowest BCUT2D eigenvalue weighted by molar-refractivity contribution is 0.266. The van der Waals surface area contributed by atoms with Gasteiger partial charge in [-0.1, -0.05) is 23.7 Å². The molecular weight excluding hydrogens is 451 g/mol. The lowest BCUT2D eigenvalue weighted by atomic mass is 10.1. The third-order valence-electron chi connectivity index (χ3n) is 4.68. The molecule has 130 valence electrons. The highest BCUT2D eigenvalue weighted by Crippen LogP contribution is 2.32. The SMILES string of the molecule is Cc1nn2c(-c3cccc(Cl)c3)cc(N3CCCC3CO)nc2c1I. The highest BCUT2D eigenvalue weighted by molar-refractivity contribution is 14.1. The van der Waals surface area contributed by atoms with E-state index >= 15 is 0 Å². The number of nitrogens with zero attached hydrogens (tertiary/aromatic N) is 4. The quantitative estimate of drug-likeness (QED) is 0.592. The first kappa shape index (κ1) is 17.1. The topological polar surface area (TPSA) is 53.7 Å². The average molecular weight is 469 g/mol. The zero-order valence-corrected chi connectivity index (χ0v) is 16.7. The molecule has 1 fully saturated rings. The first-order valence-corrected chi connectivity index (χ1v) is 9.73. The summed E-state index contributed by atoms with van der Waals surface area (Å²) in [6.07, 6.45) is 2.06. The van der Waals surface area contributed by atoms with Crippen molar-refractivity contribution in [3.63, 3.8) is 0 Å². The Morgan fingerprint density at radius 2 is 2.20 bits per heavy atom. The highest BCUT2D eigenvalue weighted by Gasteiger charge is 2.26. The zero-order valence-electron chi connectivity index (χ0n) is 13.8. The van der Waals surface area contributed by atoms with Gasteiger partial charge in [-0.3, -0.25) is 0 Å². The number of fused-ring (bicyclic) bond motifs is 1. The molecule has 0 amide bonds. The van der Waals surface area contributed by atoms with Gasteiger partial charge in [-0.25, -0.2) is 9.50 Å². The van der Waals surface area contributed by atoms with Gasteiger partial charge in [0.2, 0.25) is 0 Å². The van der Waals surface area contributed by atoms with Crippen LogP contribution in [0.25, 0.3) is 16.9 Å². The molecule has 0 radical (unpaired) electrons. The molecule has 5 nitrogen and oxygen atoms in total. The van der Waals surface area contributed by atoms with Crippen molar-refractivity contribution in [3.8, 4) is 11.3 Å². The second-order valence-corrected chi connectivity index (χ2v) is 7.83. The smallest absolute Gasteiger partial charge is 0.171 e. The number of rotatable bonds is 3. The maximum Gasteiger partial charge on any atom is 0.171 e.